The topological polar surface area (TPSA) is 71.1 Å². The van der Waals surface area contributed by atoms with Crippen molar-refractivity contribution in [3.63, 3.8) is 0 Å². The summed E-state index contributed by atoms with van der Waals surface area (Å²) in [7, 11) is 0. The van der Waals surface area contributed by atoms with Crippen molar-refractivity contribution in [1.82, 2.24) is 20.1 Å². The Labute approximate surface area is 154 Å². The van der Waals surface area contributed by atoms with E-state index in [9.17, 15) is 4.79 Å². The molecule has 4 rings (SSSR count). The maximum Gasteiger partial charge on any atom is 0.257 e. The Bertz CT molecular complexity index is 716. The zero-order valence-corrected chi connectivity index (χ0v) is 15.1. The molecular formula is C20H26N4O2. The number of aromatic nitrogens is 3. The molecule has 1 saturated carbocycles. The van der Waals surface area contributed by atoms with Crippen LogP contribution in [0.5, 0.6) is 5.75 Å². The maximum atomic E-state index is 13.0. The van der Waals surface area contributed by atoms with Gasteiger partial charge in [0.1, 0.15) is 11.9 Å². The van der Waals surface area contributed by atoms with Gasteiger partial charge < -0.3 is 9.64 Å². The van der Waals surface area contributed by atoms with Crippen LogP contribution >= 0.6 is 0 Å². The normalized spacial score (nSPS) is 19.5. The fourth-order valence-corrected chi connectivity index (χ4v) is 4.13. The van der Waals surface area contributed by atoms with Crippen molar-refractivity contribution in [2.75, 3.05) is 13.1 Å². The number of amides is 1. The van der Waals surface area contributed by atoms with E-state index < -0.39 is 0 Å². The molecule has 0 spiro atoms. The molecule has 138 valence electrons. The molecule has 0 atom stereocenters. The summed E-state index contributed by atoms with van der Waals surface area (Å²) in [4.78, 5) is 19.0. The predicted octanol–water partition coefficient (Wildman–Crippen LogP) is 3.54. The molecule has 1 amide bonds. The highest BCUT2D eigenvalue weighted by Crippen LogP contribution is 2.33. The Morgan fingerprint density at radius 2 is 1.92 bits per heavy atom. The van der Waals surface area contributed by atoms with Crippen molar-refractivity contribution < 1.29 is 9.53 Å². The molecule has 1 N–H and O–H groups in total. The second-order valence-corrected chi connectivity index (χ2v) is 7.33. The lowest BCUT2D eigenvalue weighted by Gasteiger charge is -2.32. The number of likely N-dealkylation sites (tertiary alicyclic amines) is 1. The van der Waals surface area contributed by atoms with Gasteiger partial charge in [0.25, 0.3) is 5.91 Å². The minimum absolute atomic E-state index is 0.110. The number of rotatable bonds is 4. The van der Waals surface area contributed by atoms with Gasteiger partial charge in [0, 0.05) is 38.0 Å². The zero-order valence-electron chi connectivity index (χ0n) is 15.1. The second kappa shape index (κ2) is 7.89. The van der Waals surface area contributed by atoms with E-state index in [1.165, 1.54) is 19.3 Å². The van der Waals surface area contributed by atoms with E-state index in [2.05, 4.69) is 15.2 Å². The molecule has 2 aliphatic rings. The lowest BCUT2D eigenvalue weighted by Crippen LogP contribution is -2.42. The Balaban J connectivity index is 1.36. The van der Waals surface area contributed by atoms with E-state index in [0.29, 0.717) is 5.92 Å². The molecule has 26 heavy (non-hydrogen) atoms. The molecule has 1 saturated heterocycles. The van der Waals surface area contributed by atoms with Crippen LogP contribution in [-0.2, 0) is 0 Å². The highest BCUT2D eigenvalue weighted by Gasteiger charge is 2.29. The van der Waals surface area contributed by atoms with Gasteiger partial charge in [-0.25, -0.2) is 0 Å². The molecule has 2 fully saturated rings. The summed E-state index contributed by atoms with van der Waals surface area (Å²) in [5.74, 6) is 1.36. The standard InChI is InChI=1S/C20H26N4O2/c25-20(18-14-22-23-19(18)15-5-2-1-3-6-15)24-11-8-16(9-12-24)26-17-7-4-10-21-13-17/h4,7,10,13-16H,1-3,5-6,8-9,11-12H2,(H,22,23). The van der Waals surface area contributed by atoms with Crippen molar-refractivity contribution in [1.29, 1.82) is 0 Å². The molecule has 1 aliphatic carbocycles. The number of hydrogen-bond donors (Lipinski definition) is 1. The van der Waals surface area contributed by atoms with E-state index in [1.54, 1.807) is 18.6 Å². The first-order valence-corrected chi connectivity index (χ1v) is 9.70. The largest absolute Gasteiger partial charge is 0.489 e. The van der Waals surface area contributed by atoms with Crippen LogP contribution in [0.1, 0.15) is 66.9 Å². The van der Waals surface area contributed by atoms with E-state index in [0.717, 1.165) is 55.8 Å². The summed E-state index contributed by atoms with van der Waals surface area (Å²) in [5, 5.41) is 7.29. The maximum absolute atomic E-state index is 13.0. The number of carbonyl (C=O) groups excluding carboxylic acids is 1. The smallest absolute Gasteiger partial charge is 0.257 e. The summed E-state index contributed by atoms with van der Waals surface area (Å²) in [6.07, 6.45) is 13.1. The highest BCUT2D eigenvalue weighted by molar-refractivity contribution is 5.95. The molecule has 1 aliphatic heterocycles. The van der Waals surface area contributed by atoms with Crippen LogP contribution in [0.4, 0.5) is 0 Å². The van der Waals surface area contributed by atoms with Crippen LogP contribution in [0.25, 0.3) is 0 Å². The SMILES string of the molecule is O=C(c1cn[nH]c1C1CCCCC1)N1CCC(Oc2cccnc2)CC1. The Morgan fingerprint density at radius 1 is 1.12 bits per heavy atom. The van der Waals surface area contributed by atoms with Gasteiger partial charge in [-0.05, 0) is 25.0 Å². The van der Waals surface area contributed by atoms with E-state index >= 15 is 0 Å². The van der Waals surface area contributed by atoms with Crippen LogP contribution in [0.2, 0.25) is 0 Å². The van der Waals surface area contributed by atoms with Gasteiger partial charge in [-0.2, -0.15) is 5.10 Å². The molecule has 2 aromatic rings. The summed E-state index contributed by atoms with van der Waals surface area (Å²) in [6.45, 7) is 1.44. The fourth-order valence-electron chi connectivity index (χ4n) is 4.13. The Morgan fingerprint density at radius 3 is 2.65 bits per heavy atom. The first-order valence-electron chi connectivity index (χ1n) is 9.70. The third-order valence-electron chi connectivity index (χ3n) is 5.58. The van der Waals surface area contributed by atoms with Gasteiger partial charge in [-0.15, -0.1) is 0 Å². The minimum Gasteiger partial charge on any atom is -0.489 e. The molecule has 6 heteroatoms. The van der Waals surface area contributed by atoms with Crippen LogP contribution < -0.4 is 4.74 Å². The lowest BCUT2D eigenvalue weighted by molar-refractivity contribution is 0.0593. The van der Waals surface area contributed by atoms with Gasteiger partial charge in [-0.3, -0.25) is 14.9 Å². The first-order chi connectivity index (χ1) is 12.8. The van der Waals surface area contributed by atoms with Crippen LogP contribution in [0, 0.1) is 0 Å². The quantitative estimate of drug-likeness (QED) is 0.912. The first kappa shape index (κ1) is 17.1. The molecule has 0 bridgehead atoms. The monoisotopic (exact) mass is 354 g/mol. The average Bonchev–Trinajstić information content (AvgIpc) is 3.19. The minimum atomic E-state index is 0.110. The Kier molecular flexibility index (Phi) is 5.18. The number of H-pyrrole nitrogens is 1. The van der Waals surface area contributed by atoms with Crippen molar-refractivity contribution >= 4 is 5.91 Å². The molecular weight excluding hydrogens is 328 g/mol. The van der Waals surface area contributed by atoms with Gasteiger partial charge >= 0.3 is 0 Å². The number of carbonyl (C=O) groups is 1. The number of aromatic amines is 1. The summed E-state index contributed by atoms with van der Waals surface area (Å²) >= 11 is 0. The predicted molar refractivity (Wildman–Crippen MR) is 98.2 cm³/mol. The number of pyridine rings is 1. The molecule has 6 nitrogen and oxygen atoms in total. The van der Waals surface area contributed by atoms with Gasteiger partial charge in [0.15, 0.2) is 0 Å². The fraction of sp³-hybridized carbons (Fsp3) is 0.550. The van der Waals surface area contributed by atoms with E-state index in [-0.39, 0.29) is 12.0 Å². The third-order valence-corrected chi connectivity index (χ3v) is 5.58. The summed E-state index contributed by atoms with van der Waals surface area (Å²) in [5.41, 5.74) is 1.81. The number of nitrogens with one attached hydrogen (secondary N) is 1. The number of hydrogen-bond acceptors (Lipinski definition) is 4. The number of nitrogens with zero attached hydrogens (tertiary/aromatic N) is 3. The molecule has 0 aromatic carbocycles. The van der Waals surface area contributed by atoms with E-state index in [4.69, 9.17) is 4.74 Å². The Hall–Kier alpha value is -2.37. The van der Waals surface area contributed by atoms with E-state index in [1.807, 2.05) is 17.0 Å². The second-order valence-electron chi connectivity index (χ2n) is 7.33. The van der Waals surface area contributed by atoms with Crippen molar-refractivity contribution in [3.05, 3.63) is 42.0 Å². The van der Waals surface area contributed by atoms with Crippen molar-refractivity contribution in [2.24, 2.45) is 0 Å². The van der Waals surface area contributed by atoms with Gasteiger partial charge in [0.2, 0.25) is 0 Å². The van der Waals surface area contributed by atoms with Crippen molar-refractivity contribution in [3.8, 4) is 5.75 Å². The molecule has 2 aromatic heterocycles. The zero-order chi connectivity index (χ0) is 17.8. The number of ether oxygens (including phenoxy) is 1. The van der Waals surface area contributed by atoms with Crippen molar-refractivity contribution in [2.45, 2.75) is 57.0 Å². The lowest BCUT2D eigenvalue weighted by atomic mass is 9.85. The molecule has 0 radical (unpaired) electrons. The third kappa shape index (κ3) is 3.74. The highest BCUT2D eigenvalue weighted by atomic mass is 16.5. The molecule has 0 unspecified atom stereocenters. The molecule has 3 heterocycles. The summed E-state index contributed by atoms with van der Waals surface area (Å²) in [6, 6.07) is 3.80. The number of piperidine rings is 1. The average molecular weight is 354 g/mol. The van der Waals surface area contributed by atoms with Crippen LogP contribution in [0.15, 0.2) is 30.7 Å². The van der Waals surface area contributed by atoms with Crippen LogP contribution in [-0.4, -0.2) is 45.2 Å². The van der Waals surface area contributed by atoms with Crippen LogP contribution in [0.3, 0.4) is 0 Å². The van der Waals surface area contributed by atoms with Gasteiger partial charge in [0.05, 0.1) is 23.7 Å². The van der Waals surface area contributed by atoms with Gasteiger partial charge in [-0.1, -0.05) is 19.3 Å². The summed E-state index contributed by atoms with van der Waals surface area (Å²) < 4.78 is 5.97.